The van der Waals surface area contributed by atoms with Crippen LogP contribution in [0.5, 0.6) is 11.5 Å². The lowest BCUT2D eigenvalue weighted by molar-refractivity contribution is -0.146. The van der Waals surface area contributed by atoms with Gasteiger partial charge in [0.05, 0.1) is 64.5 Å². The van der Waals surface area contributed by atoms with Crippen LogP contribution >= 0.6 is 0 Å². The minimum atomic E-state index is -0.421. The summed E-state index contributed by atoms with van der Waals surface area (Å²) >= 11 is 0. The highest BCUT2D eigenvalue weighted by atomic mass is 16.6. The van der Waals surface area contributed by atoms with Crippen molar-refractivity contribution in [3.05, 3.63) is 72.3 Å². The van der Waals surface area contributed by atoms with Crippen LogP contribution in [0.2, 0.25) is 0 Å². The molecule has 1 saturated carbocycles. The lowest BCUT2D eigenvalue weighted by Crippen LogP contribution is -2.21. The normalized spacial score (nSPS) is 13.6. The van der Waals surface area contributed by atoms with E-state index in [9.17, 15) is 38.4 Å². The molecule has 18 heteroatoms. The van der Waals surface area contributed by atoms with Crippen molar-refractivity contribution in [3.63, 3.8) is 0 Å². The third-order valence-electron chi connectivity index (χ3n) is 14.9. The zero-order chi connectivity index (χ0) is 62.6. The van der Waals surface area contributed by atoms with Crippen LogP contribution in [0.1, 0.15) is 253 Å². The van der Waals surface area contributed by atoms with Crippen LogP contribution in [-0.4, -0.2) is 113 Å². The molecule has 87 heavy (non-hydrogen) atoms. The van der Waals surface area contributed by atoms with Crippen molar-refractivity contribution in [2.24, 2.45) is 0 Å². The smallest absolute Gasteiger partial charge is 0.343 e. The summed E-state index contributed by atoms with van der Waals surface area (Å²) in [5.74, 6) is -0.534. The van der Waals surface area contributed by atoms with Gasteiger partial charge in [0.2, 0.25) is 0 Å². The Kier molecular flexibility index (Phi) is 43.7. The maximum Gasteiger partial charge on any atom is 0.343 e. The third-order valence-corrected chi connectivity index (χ3v) is 14.9. The molecule has 488 valence electrons. The molecule has 18 nitrogen and oxygen atoms in total. The summed E-state index contributed by atoms with van der Waals surface area (Å²) < 4.78 is 54.4. The maximum absolute atomic E-state index is 12.8. The van der Waals surface area contributed by atoms with Gasteiger partial charge in [-0.15, -0.1) is 0 Å². The fourth-order valence-corrected chi connectivity index (χ4v) is 9.62. The zero-order valence-corrected chi connectivity index (χ0v) is 52.5. The van der Waals surface area contributed by atoms with E-state index >= 15 is 0 Å². The quantitative estimate of drug-likeness (QED) is 0.0197. The van der Waals surface area contributed by atoms with E-state index in [4.69, 9.17) is 47.4 Å². The highest BCUT2D eigenvalue weighted by Gasteiger charge is 2.23. The standard InChI is InChI=1S/C69H104O18/c1-3-5-29-63(71)81-51-24-10-15-31-65(73)83-53-26-12-17-33-67(75)85-55-28-14-19-34-68(76)86-54-27-13-18-32-66(74)84-52-25-11-16-30-64(72)82-50-23-9-7-21-47-78-59-41-35-56(36-42-59)57-37-45-61(46-38-57)87-69(77)58-39-43-60(44-40-58)79-48-20-6-8-22-49-80-62(70)4-2/h4,37-40,43-46,56,59H,2-3,5-36,41-42,47-55H2,1H3. The van der Waals surface area contributed by atoms with Crippen molar-refractivity contribution in [3.8, 4) is 11.5 Å². The van der Waals surface area contributed by atoms with E-state index in [0.717, 1.165) is 141 Å². The fraction of sp³-hybridized carbons (Fsp3) is 0.681. The SMILES string of the molecule is C=CC(=O)OCCCCCCOc1ccc(C(=O)Oc2ccc(C3CCC(OCCCCCCOC(=O)CCCCCOC(=O)CCCCCOC(=O)CCCCCOC(=O)CCCCCOC(=O)CCCCCOC(=O)CCCC)CC3)cc2)cc1. The summed E-state index contributed by atoms with van der Waals surface area (Å²) in [7, 11) is 0. The van der Waals surface area contributed by atoms with Gasteiger partial charge in [0, 0.05) is 51.2 Å². The highest BCUT2D eigenvalue weighted by Crippen LogP contribution is 2.35. The minimum Gasteiger partial charge on any atom is -0.494 e. The Morgan fingerprint density at radius 2 is 0.713 bits per heavy atom. The summed E-state index contributed by atoms with van der Waals surface area (Å²) in [5, 5.41) is 0. The Labute approximate surface area is 518 Å². The Bertz CT molecular complexity index is 2200. The maximum atomic E-state index is 12.8. The van der Waals surface area contributed by atoms with Crippen LogP contribution in [0.3, 0.4) is 0 Å². The van der Waals surface area contributed by atoms with Crippen molar-refractivity contribution in [1.82, 2.24) is 0 Å². The molecule has 2 aromatic rings. The second-order valence-corrected chi connectivity index (χ2v) is 22.4. The van der Waals surface area contributed by atoms with Crippen LogP contribution in [0.15, 0.2) is 61.2 Å². The molecular weight excluding hydrogens is 1120 g/mol. The molecule has 0 aromatic heterocycles. The number of carbonyl (C=O) groups excluding carboxylic acids is 8. The molecule has 1 aliphatic rings. The van der Waals surface area contributed by atoms with Gasteiger partial charge in [0.15, 0.2) is 0 Å². The number of rotatable bonds is 53. The van der Waals surface area contributed by atoms with Gasteiger partial charge in [0.25, 0.3) is 0 Å². The first-order valence-electron chi connectivity index (χ1n) is 32.8. The van der Waals surface area contributed by atoms with Crippen LogP contribution in [-0.2, 0) is 71.5 Å². The second kappa shape index (κ2) is 50.7. The minimum absolute atomic E-state index is 0.162. The number of ether oxygens (including phenoxy) is 10. The number of hydrogen-bond acceptors (Lipinski definition) is 18. The van der Waals surface area contributed by atoms with Gasteiger partial charge in [-0.1, -0.05) is 38.5 Å². The van der Waals surface area contributed by atoms with Crippen molar-refractivity contribution in [1.29, 1.82) is 0 Å². The van der Waals surface area contributed by atoms with E-state index in [1.165, 1.54) is 5.56 Å². The number of unbranched alkanes of at least 4 members (excludes halogenated alkanes) is 17. The van der Waals surface area contributed by atoms with E-state index in [0.29, 0.717) is 172 Å². The summed E-state index contributed by atoms with van der Waals surface area (Å²) in [4.78, 5) is 95.7. The third kappa shape index (κ3) is 40.7. The average Bonchev–Trinajstić information content (AvgIpc) is 3.70. The topological polar surface area (TPSA) is 229 Å². The lowest BCUT2D eigenvalue weighted by atomic mass is 9.83. The average molecular weight is 1220 g/mol. The first-order chi connectivity index (χ1) is 42.4. The highest BCUT2D eigenvalue weighted by molar-refractivity contribution is 5.91. The molecule has 2 aromatic carbocycles. The molecule has 0 atom stereocenters. The molecule has 0 N–H and O–H groups in total. The molecule has 0 radical (unpaired) electrons. The monoisotopic (exact) mass is 1220 g/mol. The van der Waals surface area contributed by atoms with Gasteiger partial charge in [-0.25, -0.2) is 9.59 Å². The van der Waals surface area contributed by atoms with E-state index in [-0.39, 0.29) is 41.9 Å². The molecule has 1 fully saturated rings. The molecule has 0 heterocycles. The predicted octanol–water partition coefficient (Wildman–Crippen LogP) is 14.4. The van der Waals surface area contributed by atoms with Gasteiger partial charge in [-0.2, -0.15) is 0 Å². The van der Waals surface area contributed by atoms with Gasteiger partial charge >= 0.3 is 47.8 Å². The van der Waals surface area contributed by atoms with E-state index < -0.39 is 11.9 Å². The second-order valence-electron chi connectivity index (χ2n) is 22.4. The van der Waals surface area contributed by atoms with Crippen molar-refractivity contribution in [2.45, 2.75) is 244 Å². The summed E-state index contributed by atoms with van der Waals surface area (Å²) in [6.07, 6.45) is 27.4. The molecule has 0 bridgehead atoms. The first-order valence-corrected chi connectivity index (χ1v) is 32.8. The van der Waals surface area contributed by atoms with Crippen LogP contribution in [0.25, 0.3) is 0 Å². The lowest BCUT2D eigenvalue weighted by Gasteiger charge is -2.29. The Morgan fingerprint density at radius 3 is 1.09 bits per heavy atom. The van der Waals surface area contributed by atoms with Crippen LogP contribution in [0, 0.1) is 0 Å². The van der Waals surface area contributed by atoms with E-state index in [2.05, 4.69) is 18.7 Å². The van der Waals surface area contributed by atoms with Crippen molar-refractivity contribution >= 4 is 47.8 Å². The van der Waals surface area contributed by atoms with Gasteiger partial charge < -0.3 is 47.4 Å². The Hall–Kier alpha value is -6.30. The molecule has 3 rings (SSSR count). The molecule has 1 aliphatic carbocycles. The van der Waals surface area contributed by atoms with Crippen LogP contribution in [0.4, 0.5) is 0 Å². The van der Waals surface area contributed by atoms with Gasteiger partial charge in [0.1, 0.15) is 11.5 Å². The Morgan fingerprint density at radius 1 is 0.379 bits per heavy atom. The summed E-state index contributed by atoms with van der Waals surface area (Å²) in [5.41, 5.74) is 1.69. The van der Waals surface area contributed by atoms with Gasteiger partial charge in [-0.05, 0) is 221 Å². The largest absolute Gasteiger partial charge is 0.494 e. The molecule has 0 unspecified atom stereocenters. The molecule has 0 amide bonds. The van der Waals surface area contributed by atoms with Gasteiger partial charge in [-0.3, -0.25) is 28.8 Å². The molecule has 0 aliphatic heterocycles. The zero-order valence-electron chi connectivity index (χ0n) is 52.5. The summed E-state index contributed by atoms with van der Waals surface area (Å²) in [6.45, 7) is 9.17. The number of carbonyl (C=O) groups is 8. The van der Waals surface area contributed by atoms with E-state index in [1.807, 2.05) is 19.1 Å². The number of hydrogen-bond donors (Lipinski definition) is 0. The summed E-state index contributed by atoms with van der Waals surface area (Å²) in [6, 6.07) is 14.8. The first kappa shape index (κ1) is 75.0. The number of esters is 8. The van der Waals surface area contributed by atoms with Crippen molar-refractivity contribution in [2.75, 3.05) is 59.5 Å². The van der Waals surface area contributed by atoms with Crippen molar-refractivity contribution < 1.29 is 85.7 Å². The van der Waals surface area contributed by atoms with Crippen LogP contribution < -0.4 is 9.47 Å². The fourth-order valence-electron chi connectivity index (χ4n) is 9.62. The Balaban J connectivity index is 1.02. The van der Waals surface area contributed by atoms with E-state index in [1.54, 1.807) is 24.3 Å². The predicted molar refractivity (Wildman–Crippen MR) is 330 cm³/mol. The number of benzene rings is 2. The molecule has 0 spiro atoms. The molecular formula is C69H104O18. The molecule has 0 saturated heterocycles.